The molecule has 0 aliphatic heterocycles. The van der Waals surface area contributed by atoms with E-state index in [-0.39, 0.29) is 35.3 Å². The Morgan fingerprint density at radius 3 is 2.33 bits per heavy atom. The minimum atomic E-state index is -2.68. The number of ketones is 3. The van der Waals surface area contributed by atoms with Crippen molar-refractivity contribution in [2.24, 2.45) is 17.6 Å². The first-order chi connectivity index (χ1) is 15.3. The molecule has 0 saturated carbocycles. The molecule has 1 amide bonds. The van der Waals surface area contributed by atoms with E-state index < -0.39 is 63.8 Å². The fourth-order valence-electron chi connectivity index (χ4n) is 5.58. The Kier molecular flexibility index (Phi) is 4.99. The van der Waals surface area contributed by atoms with Gasteiger partial charge in [-0.3, -0.25) is 24.1 Å². The van der Waals surface area contributed by atoms with Crippen LogP contribution in [0.4, 0.5) is 0 Å². The van der Waals surface area contributed by atoms with E-state index in [9.17, 15) is 39.6 Å². The van der Waals surface area contributed by atoms with Crippen LogP contribution in [-0.2, 0) is 16.0 Å². The van der Waals surface area contributed by atoms with E-state index in [4.69, 9.17) is 5.73 Å². The van der Waals surface area contributed by atoms with Crippen molar-refractivity contribution in [3.8, 4) is 5.75 Å². The number of allylic oxidation sites excluding steroid dienone is 1. The number of phenolic OH excluding ortho intramolecular Hbond substituents is 1. The van der Waals surface area contributed by atoms with Gasteiger partial charge in [-0.15, -0.1) is 0 Å². The number of nitrogens with zero attached hydrogens (tertiary/aromatic N) is 1. The molecule has 4 rings (SSSR count). The number of hydrogen-bond donors (Lipinski definition) is 5. The van der Waals surface area contributed by atoms with E-state index in [0.29, 0.717) is 5.56 Å². The third kappa shape index (κ3) is 2.87. The number of carbonyl (C=O) groups excluding carboxylic acids is 4. The van der Waals surface area contributed by atoms with Crippen LogP contribution < -0.4 is 5.73 Å². The molecule has 0 heterocycles. The lowest BCUT2D eigenvalue weighted by atomic mass is 9.58. The minimum Gasteiger partial charge on any atom is -0.510 e. The maximum atomic E-state index is 13.4. The van der Waals surface area contributed by atoms with Crippen LogP contribution in [0.1, 0.15) is 39.6 Å². The van der Waals surface area contributed by atoms with Gasteiger partial charge < -0.3 is 26.2 Å². The number of primary amides is 1. The van der Waals surface area contributed by atoms with Gasteiger partial charge in [-0.2, -0.15) is 0 Å². The van der Waals surface area contributed by atoms with E-state index in [1.807, 2.05) is 0 Å². The number of hydrogen-bond acceptors (Lipinski definition) is 9. The van der Waals surface area contributed by atoms with Crippen LogP contribution in [0.25, 0.3) is 0 Å². The number of carbonyl (C=O) groups is 4. The summed E-state index contributed by atoms with van der Waals surface area (Å²) in [6.07, 6.45) is 0.0522. The molecule has 0 spiro atoms. The summed E-state index contributed by atoms with van der Waals surface area (Å²) < 4.78 is 0. The van der Waals surface area contributed by atoms with Gasteiger partial charge in [0, 0.05) is 17.1 Å². The number of phenols is 1. The molecule has 0 fully saturated rings. The second-order valence-corrected chi connectivity index (χ2v) is 9.01. The lowest BCUT2D eigenvalue weighted by Gasteiger charge is -2.50. The zero-order valence-corrected chi connectivity index (χ0v) is 18.2. The molecule has 0 unspecified atom stereocenters. The average molecular weight is 456 g/mol. The quantitative estimate of drug-likeness (QED) is 0.316. The normalized spacial score (nSPS) is 29.1. The van der Waals surface area contributed by atoms with Crippen LogP contribution in [-0.4, -0.2) is 74.3 Å². The predicted octanol–water partition coefficient (Wildman–Crippen LogP) is 0.323. The van der Waals surface area contributed by atoms with Crippen molar-refractivity contribution >= 4 is 23.3 Å². The molecule has 33 heavy (non-hydrogen) atoms. The molecule has 0 aromatic heterocycles. The summed E-state index contributed by atoms with van der Waals surface area (Å²) in [5, 5.41) is 43.7. The molecule has 3 aliphatic carbocycles. The van der Waals surface area contributed by atoms with Gasteiger partial charge in [0.2, 0.25) is 5.78 Å². The number of aliphatic hydroxyl groups excluding tert-OH is 2. The van der Waals surface area contributed by atoms with E-state index in [1.54, 1.807) is 14.1 Å². The van der Waals surface area contributed by atoms with Crippen LogP contribution in [0.5, 0.6) is 5.75 Å². The molecule has 174 valence electrons. The second-order valence-electron chi connectivity index (χ2n) is 9.01. The molecule has 10 nitrogen and oxygen atoms in total. The minimum absolute atomic E-state index is 0.0290. The highest BCUT2D eigenvalue weighted by molar-refractivity contribution is 6.25. The third-order valence-electron chi connectivity index (χ3n) is 6.99. The molecule has 0 radical (unpaired) electrons. The van der Waals surface area contributed by atoms with Gasteiger partial charge >= 0.3 is 0 Å². The fraction of sp³-hybridized carbons (Fsp3) is 0.391. The zero-order chi connectivity index (χ0) is 24.6. The first-order valence-electron chi connectivity index (χ1n) is 10.3. The Balaban J connectivity index is 1.99. The van der Waals surface area contributed by atoms with Crippen molar-refractivity contribution in [3.05, 3.63) is 51.5 Å². The van der Waals surface area contributed by atoms with Crippen LogP contribution in [0, 0.1) is 11.8 Å². The highest BCUT2D eigenvalue weighted by atomic mass is 16.3. The molecule has 0 saturated heterocycles. The molecule has 1 aromatic rings. The number of likely N-dealkylation sites (N-methyl/N-ethyl adjacent to an activating group) is 1. The summed E-state index contributed by atoms with van der Waals surface area (Å²) in [6.45, 7) is 1.33. The van der Waals surface area contributed by atoms with Gasteiger partial charge in [-0.1, -0.05) is 0 Å². The first kappa shape index (κ1) is 22.7. The number of aliphatic hydroxyl groups is 3. The molecule has 1 aromatic carbocycles. The average Bonchev–Trinajstić information content (AvgIpc) is 2.70. The number of benzene rings is 1. The van der Waals surface area contributed by atoms with E-state index in [0.717, 1.165) is 0 Å². The molecule has 6 N–H and O–H groups in total. The van der Waals surface area contributed by atoms with Crippen molar-refractivity contribution in [1.29, 1.82) is 0 Å². The highest BCUT2D eigenvalue weighted by Gasteiger charge is 2.63. The van der Waals surface area contributed by atoms with E-state index >= 15 is 0 Å². The summed E-state index contributed by atoms with van der Waals surface area (Å²) in [4.78, 5) is 52.1. The topological polar surface area (TPSA) is 178 Å². The SMILES string of the molecule is CC(=O)c1ccc(O)c2c1C[C@@H]1C[C@@H]3[C@@H](N(C)C)C(O)=C(C(N)=O)C(=O)[C@@]3(O)C(O)=C1C2=O. The molecule has 0 bridgehead atoms. The Hall–Kier alpha value is -3.50. The lowest BCUT2D eigenvalue weighted by molar-refractivity contribution is -0.148. The van der Waals surface area contributed by atoms with Gasteiger partial charge in [-0.25, -0.2) is 0 Å². The van der Waals surface area contributed by atoms with Gasteiger partial charge in [-0.05, 0) is 57.5 Å². The van der Waals surface area contributed by atoms with Gasteiger partial charge in [0.25, 0.3) is 5.91 Å². The fourth-order valence-corrected chi connectivity index (χ4v) is 5.58. The lowest BCUT2D eigenvalue weighted by Crippen LogP contribution is -2.63. The monoisotopic (exact) mass is 456 g/mol. The maximum Gasteiger partial charge on any atom is 0.255 e. The van der Waals surface area contributed by atoms with E-state index in [2.05, 4.69) is 0 Å². The number of rotatable bonds is 3. The van der Waals surface area contributed by atoms with Gasteiger partial charge in [0.15, 0.2) is 17.2 Å². The van der Waals surface area contributed by atoms with Crippen LogP contribution in [0.3, 0.4) is 0 Å². The highest BCUT2D eigenvalue weighted by Crippen LogP contribution is 2.52. The number of fused-ring (bicyclic) bond motifs is 3. The van der Waals surface area contributed by atoms with Crippen molar-refractivity contribution in [2.75, 3.05) is 14.1 Å². The van der Waals surface area contributed by atoms with Crippen molar-refractivity contribution in [2.45, 2.75) is 31.4 Å². The van der Waals surface area contributed by atoms with Gasteiger partial charge in [0.05, 0.1) is 11.6 Å². The molecule has 3 aliphatic rings. The largest absolute Gasteiger partial charge is 0.510 e. The smallest absolute Gasteiger partial charge is 0.255 e. The summed E-state index contributed by atoms with van der Waals surface area (Å²) in [5.74, 6) is -7.49. The predicted molar refractivity (Wildman–Crippen MR) is 114 cm³/mol. The molecular weight excluding hydrogens is 432 g/mol. The van der Waals surface area contributed by atoms with Crippen molar-refractivity contribution in [3.63, 3.8) is 0 Å². The summed E-state index contributed by atoms with van der Waals surface area (Å²) in [6, 6.07) is 1.55. The van der Waals surface area contributed by atoms with Crippen molar-refractivity contribution in [1.82, 2.24) is 4.90 Å². The number of nitrogens with two attached hydrogens (primary N) is 1. The zero-order valence-electron chi connectivity index (χ0n) is 18.2. The first-order valence-corrected chi connectivity index (χ1v) is 10.3. The third-order valence-corrected chi connectivity index (χ3v) is 6.99. The maximum absolute atomic E-state index is 13.4. The Labute approximate surface area is 188 Å². The van der Waals surface area contributed by atoms with Gasteiger partial charge in [0.1, 0.15) is 22.8 Å². The Morgan fingerprint density at radius 1 is 1.15 bits per heavy atom. The van der Waals surface area contributed by atoms with Crippen LogP contribution >= 0.6 is 0 Å². The van der Waals surface area contributed by atoms with Crippen LogP contribution in [0.2, 0.25) is 0 Å². The Morgan fingerprint density at radius 2 is 1.79 bits per heavy atom. The second kappa shape index (κ2) is 7.26. The summed E-state index contributed by atoms with van der Waals surface area (Å²) >= 11 is 0. The molecular formula is C23H24N2O8. The molecule has 4 atom stereocenters. The van der Waals surface area contributed by atoms with Crippen molar-refractivity contribution < 1.29 is 39.6 Å². The van der Waals surface area contributed by atoms with Crippen LogP contribution in [0.15, 0.2) is 34.8 Å². The standard InChI is InChI=1S/C23H24N2O8/c1-8(26)10-4-5-13(27)15-11(10)6-9-7-12-17(25(2)3)19(29)16(22(24)32)21(31)23(12,33)20(30)14(9)18(15)28/h4-5,9,12,17,27,29-30,33H,6-7H2,1-3H3,(H2,24,32)/t9-,12-,17-,23+/m1/s1. The van der Waals surface area contributed by atoms with E-state index in [1.165, 1.54) is 24.0 Å². The number of Topliss-reactive ketones (excluding diaryl/α,β-unsaturated/α-hetero) is 3. The Bertz CT molecular complexity index is 1210. The molecule has 10 heteroatoms. The number of amides is 1. The summed E-state index contributed by atoms with van der Waals surface area (Å²) in [5.41, 5.74) is 1.88. The number of aromatic hydroxyl groups is 1. The summed E-state index contributed by atoms with van der Waals surface area (Å²) in [7, 11) is 3.11.